The van der Waals surface area contributed by atoms with Gasteiger partial charge in [-0.1, -0.05) is 12.1 Å². The molecule has 1 atom stereocenters. The van der Waals surface area contributed by atoms with E-state index in [4.69, 9.17) is 0 Å². The van der Waals surface area contributed by atoms with Crippen LogP contribution in [0.4, 0.5) is 13.2 Å². The summed E-state index contributed by atoms with van der Waals surface area (Å²) in [6, 6.07) is 5.24. The van der Waals surface area contributed by atoms with Crippen LogP contribution in [0.1, 0.15) is 18.4 Å². The largest absolute Gasteiger partial charge is 0.573 e. The minimum Gasteiger partial charge on any atom is -0.406 e. The molecule has 0 unspecified atom stereocenters. The molecule has 1 aromatic carbocycles. The molecule has 0 aliphatic carbocycles. The Hall–Kier alpha value is -2.25. The van der Waals surface area contributed by atoms with Crippen LogP contribution in [0.5, 0.6) is 5.75 Å². The molecule has 0 bridgehead atoms. The van der Waals surface area contributed by atoms with Crippen molar-refractivity contribution >= 4 is 11.8 Å². The molecular weight excluding hydrogens is 337 g/mol. The normalized spacial score (nSPS) is 18.0. The van der Waals surface area contributed by atoms with Gasteiger partial charge in [-0.25, -0.2) is 0 Å². The SMILES string of the molecule is CN(C)C(=O)[C@@H]1CCCN(C(=O)Cc2ccc(OC(F)(F)F)cc2)C1. The topological polar surface area (TPSA) is 49.9 Å². The molecule has 0 spiro atoms. The van der Waals surface area contributed by atoms with Crippen LogP contribution in [0.15, 0.2) is 24.3 Å². The Morgan fingerprint density at radius 2 is 1.88 bits per heavy atom. The van der Waals surface area contributed by atoms with Gasteiger partial charge in [0.1, 0.15) is 5.75 Å². The second kappa shape index (κ2) is 7.76. The summed E-state index contributed by atoms with van der Waals surface area (Å²) in [6.07, 6.45) is -3.15. The Balaban J connectivity index is 1.94. The quantitative estimate of drug-likeness (QED) is 0.831. The Morgan fingerprint density at radius 1 is 1.24 bits per heavy atom. The van der Waals surface area contributed by atoms with Crippen LogP contribution in [0.2, 0.25) is 0 Å². The van der Waals surface area contributed by atoms with Crippen molar-refractivity contribution in [1.29, 1.82) is 0 Å². The summed E-state index contributed by atoms with van der Waals surface area (Å²) in [5, 5.41) is 0. The Labute approximate surface area is 144 Å². The number of hydrogen-bond donors (Lipinski definition) is 0. The zero-order valence-electron chi connectivity index (χ0n) is 14.2. The number of alkyl halides is 3. The number of carbonyl (C=O) groups excluding carboxylic acids is 2. The van der Waals surface area contributed by atoms with Gasteiger partial charge in [0.15, 0.2) is 0 Å². The number of hydrogen-bond acceptors (Lipinski definition) is 3. The highest BCUT2D eigenvalue weighted by molar-refractivity contribution is 5.82. The third-order valence-corrected chi connectivity index (χ3v) is 4.08. The third kappa shape index (κ3) is 5.65. The Bertz CT molecular complexity index is 615. The first kappa shape index (κ1) is 19.1. The molecule has 1 heterocycles. The molecule has 5 nitrogen and oxygen atoms in total. The van der Waals surface area contributed by atoms with Gasteiger partial charge in [-0.3, -0.25) is 9.59 Å². The number of benzene rings is 1. The van der Waals surface area contributed by atoms with Crippen LogP contribution in [0.3, 0.4) is 0 Å². The Kier molecular flexibility index (Phi) is 5.92. The molecule has 2 rings (SSSR count). The van der Waals surface area contributed by atoms with Gasteiger partial charge in [0, 0.05) is 27.2 Å². The van der Waals surface area contributed by atoms with Crippen molar-refractivity contribution < 1.29 is 27.5 Å². The zero-order chi connectivity index (χ0) is 18.6. The lowest BCUT2D eigenvalue weighted by Gasteiger charge is -2.33. The maximum atomic E-state index is 12.4. The van der Waals surface area contributed by atoms with Gasteiger partial charge >= 0.3 is 6.36 Å². The highest BCUT2D eigenvalue weighted by Crippen LogP contribution is 2.23. The lowest BCUT2D eigenvalue weighted by atomic mass is 9.96. The van der Waals surface area contributed by atoms with Crippen molar-refractivity contribution in [1.82, 2.24) is 9.80 Å². The van der Waals surface area contributed by atoms with E-state index < -0.39 is 6.36 Å². The first-order valence-electron chi connectivity index (χ1n) is 7.99. The molecule has 0 N–H and O–H groups in total. The fourth-order valence-corrected chi connectivity index (χ4v) is 2.87. The smallest absolute Gasteiger partial charge is 0.406 e. The maximum Gasteiger partial charge on any atom is 0.573 e. The molecule has 0 radical (unpaired) electrons. The molecule has 1 aliphatic heterocycles. The molecule has 0 aromatic heterocycles. The molecule has 1 saturated heterocycles. The van der Waals surface area contributed by atoms with Crippen LogP contribution >= 0.6 is 0 Å². The summed E-state index contributed by atoms with van der Waals surface area (Å²) in [6.45, 7) is 0.969. The molecule has 25 heavy (non-hydrogen) atoms. The molecule has 0 saturated carbocycles. The third-order valence-electron chi connectivity index (χ3n) is 4.08. The number of carbonyl (C=O) groups is 2. The van der Waals surface area contributed by atoms with Crippen molar-refractivity contribution in [3.8, 4) is 5.75 Å². The summed E-state index contributed by atoms with van der Waals surface area (Å²) < 4.78 is 40.2. The van der Waals surface area contributed by atoms with Crippen molar-refractivity contribution in [2.45, 2.75) is 25.6 Å². The van der Waals surface area contributed by atoms with E-state index in [0.29, 0.717) is 18.7 Å². The molecule has 1 fully saturated rings. The zero-order valence-corrected chi connectivity index (χ0v) is 14.2. The fraction of sp³-hybridized carbons (Fsp3) is 0.529. The van der Waals surface area contributed by atoms with Crippen molar-refractivity contribution in [3.05, 3.63) is 29.8 Å². The number of amides is 2. The molecule has 8 heteroatoms. The predicted molar refractivity (Wildman–Crippen MR) is 84.8 cm³/mol. The van der Waals surface area contributed by atoms with Gasteiger partial charge < -0.3 is 14.5 Å². The van der Waals surface area contributed by atoms with E-state index in [2.05, 4.69) is 4.74 Å². The number of nitrogens with zero attached hydrogens (tertiary/aromatic N) is 2. The van der Waals surface area contributed by atoms with Crippen LogP contribution in [-0.4, -0.2) is 55.2 Å². The van der Waals surface area contributed by atoms with Crippen molar-refractivity contribution in [2.75, 3.05) is 27.2 Å². The van der Waals surface area contributed by atoms with E-state index in [9.17, 15) is 22.8 Å². The second-order valence-electron chi connectivity index (χ2n) is 6.28. The minimum atomic E-state index is -4.74. The first-order valence-corrected chi connectivity index (χ1v) is 7.99. The number of rotatable bonds is 4. The van der Waals surface area contributed by atoms with Crippen molar-refractivity contribution in [2.24, 2.45) is 5.92 Å². The Morgan fingerprint density at radius 3 is 2.44 bits per heavy atom. The molecule has 2 amide bonds. The van der Waals surface area contributed by atoms with Gasteiger partial charge in [-0.05, 0) is 30.5 Å². The van der Waals surface area contributed by atoms with Gasteiger partial charge in [0.25, 0.3) is 0 Å². The highest BCUT2D eigenvalue weighted by atomic mass is 19.4. The summed E-state index contributed by atoms with van der Waals surface area (Å²) >= 11 is 0. The van der Waals surface area contributed by atoms with Gasteiger partial charge in [0.05, 0.1) is 12.3 Å². The monoisotopic (exact) mass is 358 g/mol. The molecular formula is C17H21F3N2O3. The predicted octanol–water partition coefficient (Wildman–Crippen LogP) is 2.45. The van der Waals surface area contributed by atoms with Crippen LogP contribution < -0.4 is 4.74 Å². The maximum absolute atomic E-state index is 12.4. The first-order chi connectivity index (χ1) is 11.7. The van der Waals surface area contributed by atoms with Gasteiger partial charge in [-0.2, -0.15) is 0 Å². The van der Waals surface area contributed by atoms with Crippen LogP contribution in [0.25, 0.3) is 0 Å². The molecule has 1 aromatic rings. The summed E-state index contributed by atoms with van der Waals surface area (Å²) in [7, 11) is 3.38. The summed E-state index contributed by atoms with van der Waals surface area (Å²) in [5.74, 6) is -0.652. The van der Waals surface area contributed by atoms with E-state index in [1.165, 1.54) is 29.2 Å². The number of halogens is 3. The fourth-order valence-electron chi connectivity index (χ4n) is 2.87. The summed E-state index contributed by atoms with van der Waals surface area (Å²) in [5.41, 5.74) is 0.598. The van der Waals surface area contributed by atoms with E-state index in [-0.39, 0.29) is 29.9 Å². The van der Waals surface area contributed by atoms with Crippen LogP contribution in [0, 0.1) is 5.92 Å². The average Bonchev–Trinajstić information content (AvgIpc) is 2.54. The number of likely N-dealkylation sites (tertiary alicyclic amines) is 1. The van der Waals surface area contributed by atoms with E-state index in [0.717, 1.165) is 12.8 Å². The number of piperidine rings is 1. The molecule has 138 valence electrons. The molecule has 1 aliphatic rings. The van der Waals surface area contributed by atoms with Crippen molar-refractivity contribution in [3.63, 3.8) is 0 Å². The minimum absolute atomic E-state index is 0.00570. The standard InChI is InChI=1S/C17H21F3N2O3/c1-21(2)16(24)13-4-3-9-22(11-13)15(23)10-12-5-7-14(8-6-12)25-17(18,19)20/h5-8,13H,3-4,9-11H2,1-2H3/t13-/m1/s1. The summed E-state index contributed by atoms with van der Waals surface area (Å²) in [4.78, 5) is 27.6. The van der Waals surface area contributed by atoms with Gasteiger partial charge in [-0.15, -0.1) is 13.2 Å². The van der Waals surface area contributed by atoms with E-state index >= 15 is 0 Å². The lowest BCUT2D eigenvalue weighted by Crippen LogP contribution is -2.45. The number of ether oxygens (including phenoxy) is 1. The second-order valence-corrected chi connectivity index (χ2v) is 6.28. The lowest BCUT2D eigenvalue weighted by molar-refractivity contribution is -0.274. The highest BCUT2D eigenvalue weighted by Gasteiger charge is 2.31. The van der Waals surface area contributed by atoms with E-state index in [1.807, 2.05) is 0 Å². The van der Waals surface area contributed by atoms with E-state index in [1.54, 1.807) is 19.0 Å². The average molecular weight is 358 g/mol. The van der Waals surface area contributed by atoms with Gasteiger partial charge in [0.2, 0.25) is 11.8 Å². The van der Waals surface area contributed by atoms with Crippen LogP contribution in [-0.2, 0) is 16.0 Å².